The molecular formula is C24H27N5O3. The lowest BCUT2D eigenvalue weighted by molar-refractivity contribution is 0.0939. The van der Waals surface area contributed by atoms with Gasteiger partial charge < -0.3 is 9.47 Å². The monoisotopic (exact) mass is 433 g/mol. The molecule has 0 bridgehead atoms. The summed E-state index contributed by atoms with van der Waals surface area (Å²) in [4.78, 5) is 24.4. The summed E-state index contributed by atoms with van der Waals surface area (Å²) in [5, 5.41) is 4.69. The van der Waals surface area contributed by atoms with Crippen molar-refractivity contribution in [3.8, 4) is 17.0 Å². The van der Waals surface area contributed by atoms with Crippen LogP contribution >= 0.6 is 0 Å². The van der Waals surface area contributed by atoms with Crippen molar-refractivity contribution in [2.75, 3.05) is 18.6 Å². The molecule has 32 heavy (non-hydrogen) atoms. The average molecular weight is 434 g/mol. The zero-order chi connectivity index (χ0) is 22.2. The first kappa shape index (κ1) is 20.6. The van der Waals surface area contributed by atoms with Crippen LogP contribution in [0.2, 0.25) is 0 Å². The van der Waals surface area contributed by atoms with Crippen molar-refractivity contribution in [1.29, 1.82) is 0 Å². The highest BCUT2D eigenvalue weighted by molar-refractivity contribution is 6.11. The molecule has 8 heteroatoms. The molecule has 0 saturated carbocycles. The van der Waals surface area contributed by atoms with E-state index in [9.17, 15) is 4.79 Å². The van der Waals surface area contributed by atoms with Crippen LogP contribution in [0, 0.1) is 0 Å². The van der Waals surface area contributed by atoms with E-state index in [4.69, 9.17) is 14.5 Å². The van der Waals surface area contributed by atoms with Gasteiger partial charge in [0.15, 0.2) is 5.82 Å². The van der Waals surface area contributed by atoms with E-state index >= 15 is 0 Å². The third kappa shape index (κ3) is 3.54. The first-order valence-corrected chi connectivity index (χ1v) is 11.1. The quantitative estimate of drug-likeness (QED) is 0.588. The van der Waals surface area contributed by atoms with Gasteiger partial charge >= 0.3 is 0 Å². The molecule has 8 nitrogen and oxygen atoms in total. The van der Waals surface area contributed by atoms with Crippen LogP contribution in [0.15, 0.2) is 36.8 Å². The number of anilines is 1. The van der Waals surface area contributed by atoms with Gasteiger partial charge in [0.2, 0.25) is 0 Å². The maximum absolute atomic E-state index is 13.5. The van der Waals surface area contributed by atoms with Gasteiger partial charge in [-0.1, -0.05) is 6.92 Å². The third-order valence-electron chi connectivity index (χ3n) is 6.26. The maximum Gasteiger partial charge on any atom is 0.262 e. The van der Waals surface area contributed by atoms with E-state index < -0.39 is 0 Å². The minimum absolute atomic E-state index is 0.0467. The van der Waals surface area contributed by atoms with E-state index in [-0.39, 0.29) is 18.1 Å². The van der Waals surface area contributed by atoms with Crippen LogP contribution in [-0.4, -0.2) is 45.5 Å². The summed E-state index contributed by atoms with van der Waals surface area (Å²) in [7, 11) is 1.62. The second kappa shape index (κ2) is 8.35. The molecule has 5 rings (SSSR count). The van der Waals surface area contributed by atoms with Crippen LogP contribution in [0.25, 0.3) is 11.3 Å². The van der Waals surface area contributed by atoms with Crippen molar-refractivity contribution in [3.63, 3.8) is 0 Å². The van der Waals surface area contributed by atoms with Crippen molar-refractivity contribution in [3.05, 3.63) is 53.6 Å². The van der Waals surface area contributed by atoms with Crippen LogP contribution < -0.4 is 9.64 Å². The number of carbonyl (C=O) groups excluding carboxylic acids is 1. The van der Waals surface area contributed by atoms with Crippen LogP contribution in [0.3, 0.4) is 0 Å². The Bertz CT molecular complexity index is 1150. The van der Waals surface area contributed by atoms with Crippen molar-refractivity contribution in [2.45, 2.75) is 51.8 Å². The lowest BCUT2D eigenvalue weighted by atomic mass is 10.0. The molecule has 0 aliphatic carbocycles. The molecule has 0 radical (unpaired) electrons. The molecule has 1 saturated heterocycles. The molecular weight excluding hydrogens is 406 g/mol. The van der Waals surface area contributed by atoms with Gasteiger partial charge in [0.05, 0.1) is 48.9 Å². The van der Waals surface area contributed by atoms with Gasteiger partial charge in [-0.25, -0.2) is 4.98 Å². The summed E-state index contributed by atoms with van der Waals surface area (Å²) in [6.45, 7) is 5.57. The molecule has 1 amide bonds. The summed E-state index contributed by atoms with van der Waals surface area (Å²) in [6.07, 6.45) is 8.41. The van der Waals surface area contributed by atoms with E-state index in [0.29, 0.717) is 23.7 Å². The van der Waals surface area contributed by atoms with Crippen molar-refractivity contribution in [1.82, 2.24) is 19.7 Å². The van der Waals surface area contributed by atoms with Crippen LogP contribution in [0.4, 0.5) is 5.82 Å². The number of fused-ring (bicyclic) bond motifs is 1. The highest BCUT2D eigenvalue weighted by Gasteiger charge is 2.39. The lowest BCUT2D eigenvalue weighted by Gasteiger charge is -2.18. The largest absolute Gasteiger partial charge is 0.495 e. The maximum atomic E-state index is 13.5. The highest BCUT2D eigenvalue weighted by Crippen LogP contribution is 2.39. The summed E-state index contributed by atoms with van der Waals surface area (Å²) in [6, 6.07) is 5.58. The first-order chi connectivity index (χ1) is 15.6. The molecule has 2 unspecified atom stereocenters. The number of carbonyl (C=O) groups is 1. The van der Waals surface area contributed by atoms with E-state index in [1.54, 1.807) is 24.4 Å². The van der Waals surface area contributed by atoms with E-state index in [1.165, 1.54) is 0 Å². The summed E-state index contributed by atoms with van der Waals surface area (Å²) in [5.41, 5.74) is 4.10. The summed E-state index contributed by atoms with van der Waals surface area (Å²) in [5.74, 6) is 1.27. The Hall–Kier alpha value is -3.26. The molecule has 5 heterocycles. The topological polar surface area (TPSA) is 82.4 Å². The number of aryl methyl sites for hydroxylation is 1. The number of amides is 1. The Labute approximate surface area is 187 Å². The van der Waals surface area contributed by atoms with Gasteiger partial charge in [0, 0.05) is 30.6 Å². The molecule has 166 valence electrons. The van der Waals surface area contributed by atoms with Gasteiger partial charge in [-0.2, -0.15) is 5.10 Å². The number of aromatic nitrogens is 4. The summed E-state index contributed by atoms with van der Waals surface area (Å²) >= 11 is 0. The van der Waals surface area contributed by atoms with Gasteiger partial charge in [0.1, 0.15) is 5.75 Å². The summed E-state index contributed by atoms with van der Waals surface area (Å²) < 4.78 is 12.9. The van der Waals surface area contributed by atoms with E-state index in [0.717, 1.165) is 48.4 Å². The first-order valence-electron chi connectivity index (χ1n) is 11.1. The third-order valence-corrected chi connectivity index (χ3v) is 6.26. The minimum Gasteiger partial charge on any atom is -0.495 e. The number of hydrogen-bond donors (Lipinski definition) is 0. The zero-order valence-corrected chi connectivity index (χ0v) is 18.6. The predicted molar refractivity (Wildman–Crippen MR) is 120 cm³/mol. The Morgan fingerprint density at radius 2 is 2.16 bits per heavy atom. The van der Waals surface area contributed by atoms with Crippen LogP contribution in [0.1, 0.15) is 54.3 Å². The highest BCUT2D eigenvalue weighted by atomic mass is 16.5. The smallest absolute Gasteiger partial charge is 0.262 e. The predicted octanol–water partition coefficient (Wildman–Crippen LogP) is 3.81. The number of methoxy groups -OCH3 is 1. The molecule has 2 aliphatic heterocycles. The molecule has 2 aliphatic rings. The molecule has 0 spiro atoms. The second-order valence-electron chi connectivity index (χ2n) is 8.28. The molecule has 0 aromatic carbocycles. The fourth-order valence-electron chi connectivity index (χ4n) is 4.57. The fraction of sp³-hybridized carbons (Fsp3) is 0.417. The Morgan fingerprint density at radius 1 is 1.28 bits per heavy atom. The van der Waals surface area contributed by atoms with Crippen molar-refractivity contribution < 1.29 is 14.3 Å². The molecule has 3 aromatic heterocycles. The standard InChI is InChI=1S/C24H27N5O3/c1-4-16-11-20(17-10-19(31-3)13-25-12-17)26-23-15(2)29(24(30)22(16)23)21-7-8-28(27-21)14-18-6-5-9-32-18/h7-8,10-13,15,18H,4-6,9,14H2,1-3H3. The second-order valence-corrected chi connectivity index (χ2v) is 8.28. The van der Waals surface area contributed by atoms with Gasteiger partial charge in [0.25, 0.3) is 5.91 Å². The average Bonchev–Trinajstić information content (AvgIpc) is 3.55. The van der Waals surface area contributed by atoms with Crippen molar-refractivity contribution >= 4 is 11.7 Å². The molecule has 2 atom stereocenters. The minimum atomic E-state index is -0.215. The van der Waals surface area contributed by atoms with Gasteiger partial charge in [-0.15, -0.1) is 0 Å². The fourth-order valence-corrected chi connectivity index (χ4v) is 4.57. The molecule has 1 fully saturated rings. The number of rotatable bonds is 6. The SMILES string of the molecule is CCc1cc(-c2cncc(OC)c2)nc2c1C(=O)N(c1ccn(CC3CCCO3)n1)C2C. The van der Waals surface area contributed by atoms with E-state index in [2.05, 4.69) is 17.0 Å². The van der Waals surface area contributed by atoms with E-state index in [1.807, 2.05) is 36.0 Å². The van der Waals surface area contributed by atoms with Gasteiger partial charge in [-0.05, 0) is 43.9 Å². The number of pyridine rings is 2. The molecule has 0 N–H and O–H groups in total. The van der Waals surface area contributed by atoms with Crippen LogP contribution in [-0.2, 0) is 17.7 Å². The Balaban J connectivity index is 1.49. The normalized spacial score (nSPS) is 20.1. The number of nitrogens with zero attached hydrogens (tertiary/aromatic N) is 5. The lowest BCUT2D eigenvalue weighted by Crippen LogP contribution is -2.27. The number of ether oxygens (including phenoxy) is 2. The zero-order valence-electron chi connectivity index (χ0n) is 18.6. The Kier molecular flexibility index (Phi) is 5.38. The van der Waals surface area contributed by atoms with Crippen LogP contribution in [0.5, 0.6) is 5.75 Å². The van der Waals surface area contributed by atoms with Gasteiger partial charge in [-0.3, -0.25) is 19.4 Å². The van der Waals surface area contributed by atoms with Crippen molar-refractivity contribution in [2.24, 2.45) is 0 Å². The number of hydrogen-bond acceptors (Lipinski definition) is 6. The molecule has 3 aromatic rings. The Morgan fingerprint density at radius 3 is 2.91 bits per heavy atom.